The van der Waals surface area contributed by atoms with Crippen molar-refractivity contribution in [1.29, 1.82) is 0 Å². The molecule has 2 aromatic carbocycles. The van der Waals surface area contributed by atoms with Gasteiger partial charge in [-0.1, -0.05) is 42.5 Å². The second kappa shape index (κ2) is 8.02. The maximum absolute atomic E-state index is 12.1. The SMILES string of the molecule is CN(Cc1ccccc1O)C(=O)NCc1ccc(CS(C)(=O)=O)cc1. The average Bonchev–Trinajstić information content (AvgIpc) is 2.54. The Morgan fingerprint density at radius 3 is 2.28 bits per heavy atom. The molecule has 0 atom stereocenters. The first-order valence-corrected chi connectivity index (χ1v) is 9.82. The fourth-order valence-electron chi connectivity index (χ4n) is 2.34. The van der Waals surface area contributed by atoms with Gasteiger partial charge in [0.15, 0.2) is 9.84 Å². The van der Waals surface area contributed by atoms with Crippen molar-refractivity contribution in [2.45, 2.75) is 18.8 Å². The number of hydrogen-bond acceptors (Lipinski definition) is 4. The quantitative estimate of drug-likeness (QED) is 0.825. The molecule has 7 heteroatoms. The van der Waals surface area contributed by atoms with Crippen LogP contribution in [0.5, 0.6) is 5.75 Å². The molecule has 2 aromatic rings. The van der Waals surface area contributed by atoms with E-state index in [0.29, 0.717) is 24.2 Å². The van der Waals surface area contributed by atoms with E-state index in [0.717, 1.165) is 5.56 Å². The second-order valence-electron chi connectivity index (χ2n) is 6.03. The summed E-state index contributed by atoms with van der Waals surface area (Å²) in [6.07, 6.45) is 1.20. The van der Waals surface area contributed by atoms with Crippen molar-refractivity contribution < 1.29 is 18.3 Å². The number of carbonyl (C=O) groups excluding carboxylic acids is 1. The minimum absolute atomic E-state index is 0.00292. The van der Waals surface area contributed by atoms with Gasteiger partial charge in [0.2, 0.25) is 0 Å². The highest BCUT2D eigenvalue weighted by molar-refractivity contribution is 7.89. The fourth-order valence-corrected chi connectivity index (χ4v) is 3.14. The van der Waals surface area contributed by atoms with Crippen LogP contribution in [0, 0.1) is 0 Å². The summed E-state index contributed by atoms with van der Waals surface area (Å²) in [7, 11) is -1.41. The molecule has 0 saturated heterocycles. The molecular weight excluding hydrogens is 340 g/mol. The number of aromatic hydroxyl groups is 1. The predicted molar refractivity (Wildman–Crippen MR) is 96.8 cm³/mol. The van der Waals surface area contributed by atoms with Gasteiger partial charge in [0.1, 0.15) is 5.75 Å². The summed E-state index contributed by atoms with van der Waals surface area (Å²) in [5, 5.41) is 12.5. The van der Waals surface area contributed by atoms with E-state index in [2.05, 4.69) is 5.32 Å². The Labute approximate surface area is 148 Å². The van der Waals surface area contributed by atoms with Crippen LogP contribution in [0.15, 0.2) is 48.5 Å². The van der Waals surface area contributed by atoms with Gasteiger partial charge >= 0.3 is 6.03 Å². The van der Waals surface area contributed by atoms with Crippen LogP contribution in [0.1, 0.15) is 16.7 Å². The Kier molecular flexibility index (Phi) is 6.03. The summed E-state index contributed by atoms with van der Waals surface area (Å²) < 4.78 is 22.5. The number of nitrogens with zero attached hydrogens (tertiary/aromatic N) is 1. The molecule has 0 aliphatic rings. The molecule has 0 unspecified atom stereocenters. The maximum Gasteiger partial charge on any atom is 0.317 e. The van der Waals surface area contributed by atoms with Crippen LogP contribution in [0.2, 0.25) is 0 Å². The Morgan fingerprint density at radius 2 is 1.68 bits per heavy atom. The molecule has 2 rings (SSSR count). The van der Waals surface area contributed by atoms with Gasteiger partial charge < -0.3 is 15.3 Å². The van der Waals surface area contributed by atoms with E-state index in [-0.39, 0.29) is 17.5 Å². The third-order valence-corrected chi connectivity index (χ3v) is 4.50. The summed E-state index contributed by atoms with van der Waals surface area (Å²) in [6.45, 7) is 0.634. The molecule has 0 heterocycles. The number of sulfone groups is 1. The molecule has 0 aliphatic carbocycles. The third kappa shape index (κ3) is 6.11. The number of phenols is 1. The Hall–Kier alpha value is -2.54. The summed E-state index contributed by atoms with van der Waals surface area (Å²) in [5.74, 6) is 0.159. The standard InChI is InChI=1S/C18H22N2O4S/c1-20(12-16-5-3-4-6-17(16)21)18(22)19-11-14-7-9-15(10-8-14)13-25(2,23)24/h3-10,21H,11-13H2,1-2H3,(H,19,22). The van der Waals surface area contributed by atoms with Crippen molar-refractivity contribution in [1.82, 2.24) is 10.2 Å². The third-order valence-electron chi connectivity index (χ3n) is 3.64. The first-order chi connectivity index (χ1) is 11.7. The molecule has 0 saturated carbocycles. The highest BCUT2D eigenvalue weighted by atomic mass is 32.2. The molecule has 6 nitrogen and oxygen atoms in total. The summed E-state index contributed by atoms with van der Waals surface area (Å²) in [6, 6.07) is 13.7. The minimum Gasteiger partial charge on any atom is -0.508 e. The summed E-state index contributed by atoms with van der Waals surface area (Å²) in [4.78, 5) is 13.6. The van der Waals surface area contributed by atoms with Crippen molar-refractivity contribution >= 4 is 15.9 Å². The predicted octanol–water partition coefficient (Wildman–Crippen LogP) is 2.28. The topological polar surface area (TPSA) is 86.7 Å². The Bertz CT molecular complexity index is 832. The van der Waals surface area contributed by atoms with E-state index in [1.807, 2.05) is 0 Å². The number of phenolic OH excluding ortho intramolecular Hbond substituents is 1. The van der Waals surface area contributed by atoms with E-state index in [1.165, 1.54) is 11.2 Å². The molecule has 0 spiro atoms. The van der Waals surface area contributed by atoms with E-state index >= 15 is 0 Å². The lowest BCUT2D eigenvalue weighted by Gasteiger charge is -2.18. The number of urea groups is 1. The summed E-state index contributed by atoms with van der Waals surface area (Å²) >= 11 is 0. The largest absolute Gasteiger partial charge is 0.508 e. The highest BCUT2D eigenvalue weighted by Gasteiger charge is 2.11. The number of nitrogens with one attached hydrogen (secondary N) is 1. The van der Waals surface area contributed by atoms with Gasteiger partial charge in [0, 0.05) is 25.4 Å². The van der Waals surface area contributed by atoms with Gasteiger partial charge in [-0.15, -0.1) is 0 Å². The van der Waals surface area contributed by atoms with Crippen molar-refractivity contribution in [3.63, 3.8) is 0 Å². The van der Waals surface area contributed by atoms with Crippen LogP contribution in [-0.2, 0) is 28.7 Å². The van der Waals surface area contributed by atoms with Crippen LogP contribution in [0.25, 0.3) is 0 Å². The van der Waals surface area contributed by atoms with Crippen LogP contribution in [0.3, 0.4) is 0 Å². The van der Waals surface area contributed by atoms with Crippen LogP contribution < -0.4 is 5.32 Å². The normalized spacial score (nSPS) is 11.1. The van der Waals surface area contributed by atoms with Crippen molar-refractivity contribution in [2.24, 2.45) is 0 Å². The molecule has 25 heavy (non-hydrogen) atoms. The molecule has 0 aromatic heterocycles. The number of benzene rings is 2. The number of hydrogen-bond donors (Lipinski definition) is 2. The van der Waals surface area contributed by atoms with E-state index in [9.17, 15) is 18.3 Å². The van der Waals surface area contributed by atoms with Crippen molar-refractivity contribution in [3.05, 3.63) is 65.2 Å². The van der Waals surface area contributed by atoms with Gasteiger partial charge in [-0.3, -0.25) is 0 Å². The van der Waals surface area contributed by atoms with Gasteiger partial charge in [0.05, 0.1) is 12.3 Å². The highest BCUT2D eigenvalue weighted by Crippen LogP contribution is 2.17. The molecule has 2 N–H and O–H groups in total. The monoisotopic (exact) mass is 362 g/mol. The molecule has 134 valence electrons. The van der Waals surface area contributed by atoms with E-state index in [1.54, 1.807) is 55.6 Å². The zero-order valence-corrected chi connectivity index (χ0v) is 15.1. The van der Waals surface area contributed by atoms with Crippen molar-refractivity contribution in [3.8, 4) is 5.75 Å². The lowest BCUT2D eigenvalue weighted by Crippen LogP contribution is -2.36. The molecule has 0 radical (unpaired) electrons. The zero-order chi connectivity index (χ0) is 18.4. The van der Waals surface area contributed by atoms with Crippen LogP contribution in [0.4, 0.5) is 4.79 Å². The number of amides is 2. The van der Waals surface area contributed by atoms with Gasteiger partial charge in [-0.25, -0.2) is 13.2 Å². The van der Waals surface area contributed by atoms with Gasteiger partial charge in [-0.05, 0) is 17.2 Å². The lowest BCUT2D eigenvalue weighted by atomic mass is 10.1. The van der Waals surface area contributed by atoms with Crippen LogP contribution in [-0.4, -0.2) is 37.8 Å². The Morgan fingerprint density at radius 1 is 1.08 bits per heavy atom. The molecule has 0 fully saturated rings. The zero-order valence-electron chi connectivity index (χ0n) is 14.3. The van der Waals surface area contributed by atoms with E-state index < -0.39 is 9.84 Å². The molecule has 0 bridgehead atoms. The fraction of sp³-hybridized carbons (Fsp3) is 0.278. The maximum atomic E-state index is 12.1. The Balaban J connectivity index is 1.88. The molecule has 2 amide bonds. The van der Waals surface area contributed by atoms with E-state index in [4.69, 9.17) is 0 Å². The van der Waals surface area contributed by atoms with Crippen LogP contribution >= 0.6 is 0 Å². The lowest BCUT2D eigenvalue weighted by molar-refractivity contribution is 0.206. The first kappa shape index (κ1) is 18.8. The van der Waals surface area contributed by atoms with Gasteiger partial charge in [-0.2, -0.15) is 0 Å². The molecular formula is C18H22N2O4S. The number of rotatable bonds is 6. The van der Waals surface area contributed by atoms with Gasteiger partial charge in [0.25, 0.3) is 0 Å². The van der Waals surface area contributed by atoms with Crippen molar-refractivity contribution in [2.75, 3.05) is 13.3 Å². The average molecular weight is 362 g/mol. The number of para-hydroxylation sites is 1. The molecule has 0 aliphatic heterocycles. The minimum atomic E-state index is -3.06. The smallest absolute Gasteiger partial charge is 0.317 e. The summed E-state index contributed by atoms with van der Waals surface area (Å²) in [5.41, 5.74) is 2.26. The first-order valence-electron chi connectivity index (χ1n) is 7.76. The number of carbonyl (C=O) groups is 1. The second-order valence-corrected chi connectivity index (χ2v) is 8.17.